The predicted molar refractivity (Wildman–Crippen MR) is 353 cm³/mol. The van der Waals surface area contributed by atoms with E-state index in [0.29, 0.717) is 49.7 Å². The Labute approximate surface area is 537 Å². The third-order valence-corrected chi connectivity index (χ3v) is 19.6. The van der Waals surface area contributed by atoms with Crippen molar-refractivity contribution in [2.45, 2.75) is 72.2 Å². The summed E-state index contributed by atoms with van der Waals surface area (Å²) < 4.78 is 68.2. The quantitative estimate of drug-likeness (QED) is 0.0335. The van der Waals surface area contributed by atoms with Crippen molar-refractivity contribution in [2.75, 3.05) is 26.2 Å². The van der Waals surface area contributed by atoms with Crippen LogP contribution in [0.4, 0.5) is 0 Å². The van der Waals surface area contributed by atoms with Gasteiger partial charge < -0.3 is 25.4 Å². The molecule has 2 saturated carbocycles. The average molecular weight is 1290 g/mol. The monoisotopic (exact) mass is 1290 g/mol. The molecule has 6 atom stereocenters. The molecule has 4 aliphatic rings. The lowest BCUT2D eigenvalue weighted by atomic mass is 10.0. The second-order valence-electron chi connectivity index (χ2n) is 22.7. The molecule has 5 N–H and O–H groups in total. The van der Waals surface area contributed by atoms with Crippen molar-refractivity contribution in [3.05, 3.63) is 242 Å². The topological polar surface area (TPSA) is 218 Å². The van der Waals surface area contributed by atoms with Crippen LogP contribution in [0.15, 0.2) is 229 Å². The molecule has 12 rings (SSSR count). The molecule has 16 nitrogen and oxygen atoms in total. The minimum Gasteiger partial charge on any atom is -0.489 e. The number of rotatable bonds is 21. The van der Waals surface area contributed by atoms with Crippen LogP contribution in [-0.2, 0) is 64.9 Å². The molecule has 4 fully saturated rings. The van der Waals surface area contributed by atoms with Crippen molar-refractivity contribution in [1.82, 2.24) is 30.3 Å². The summed E-state index contributed by atoms with van der Waals surface area (Å²) in [6, 6.07) is 59.9. The highest BCUT2D eigenvalue weighted by Gasteiger charge is 2.62. The van der Waals surface area contributed by atoms with E-state index in [1.54, 1.807) is 36.4 Å². The number of sulfonamides is 2. The van der Waals surface area contributed by atoms with Gasteiger partial charge in [-0.15, -0.1) is 37.2 Å². The zero-order valence-electron chi connectivity index (χ0n) is 49.5. The summed E-state index contributed by atoms with van der Waals surface area (Å²) in [5.74, 6) is -1.97. The third-order valence-electron chi connectivity index (χ3n) is 16.7. The van der Waals surface area contributed by atoms with E-state index in [1.165, 1.54) is 56.9 Å². The number of nitrogens with one attached hydrogen (secondary N) is 5. The molecule has 2 aliphatic carbocycles. The molecule has 0 spiro atoms. The van der Waals surface area contributed by atoms with Gasteiger partial charge in [0, 0.05) is 49.5 Å². The molecule has 8 aromatic rings. The highest BCUT2D eigenvalue weighted by atomic mass is 35.5. The van der Waals surface area contributed by atoms with Gasteiger partial charge in [0.1, 0.15) is 35.8 Å². The Hall–Kier alpha value is -8.36. The number of fused-ring (bicyclic) bond motifs is 2. The third kappa shape index (κ3) is 16.0. The van der Waals surface area contributed by atoms with Crippen LogP contribution in [0.5, 0.6) is 11.5 Å². The Kier molecular flexibility index (Phi) is 21.7. The second kappa shape index (κ2) is 29.5. The SMILES string of the molecule is C=C[C@@H]1C[C@]1(NC(=O)[C@H]1CCN(Cc2cccc3ccccc23)C1)C(=O)NS(=O)(=O)c1cccc(OCc2ccccc2)c1.C=C[C@@H]1C[C@]1(NC(=O)[C@H]1CCNC1)C(=O)NS(=O)(=O)c1cccc(OCc2ccccc2)c1.Cl.ClCc1cccc2ccccc12. The first kappa shape index (κ1) is 66.1. The van der Waals surface area contributed by atoms with Crippen LogP contribution < -0.4 is 34.9 Å². The Balaban J connectivity index is 0.000000183. The van der Waals surface area contributed by atoms with Crippen molar-refractivity contribution >= 4 is 89.2 Å². The highest BCUT2D eigenvalue weighted by molar-refractivity contribution is 7.90. The molecule has 2 heterocycles. The first-order valence-electron chi connectivity index (χ1n) is 29.5. The van der Waals surface area contributed by atoms with Crippen molar-refractivity contribution in [3.8, 4) is 11.5 Å². The number of halogens is 2. The fraction of sp³-hybridized carbons (Fsp3) is 0.257. The van der Waals surface area contributed by atoms with E-state index in [9.17, 15) is 36.0 Å². The summed E-state index contributed by atoms with van der Waals surface area (Å²) in [5, 5.41) is 13.7. The predicted octanol–water partition coefficient (Wildman–Crippen LogP) is 10.5. The molecule has 2 aliphatic heterocycles. The number of carbonyl (C=O) groups excluding carboxylic acids is 4. The molecule has 2 saturated heterocycles. The first-order valence-corrected chi connectivity index (χ1v) is 33.0. The number of carbonyl (C=O) groups is 4. The summed E-state index contributed by atoms with van der Waals surface area (Å²) in [6.45, 7) is 11.4. The van der Waals surface area contributed by atoms with Gasteiger partial charge >= 0.3 is 0 Å². The van der Waals surface area contributed by atoms with Crippen LogP contribution in [0.25, 0.3) is 21.5 Å². The molecule has 8 aromatic carbocycles. The van der Waals surface area contributed by atoms with Crippen LogP contribution in [-0.4, -0.2) is 82.6 Å². The summed E-state index contributed by atoms with van der Waals surface area (Å²) >= 11 is 5.81. The maximum atomic E-state index is 13.5. The number of nitrogens with zero attached hydrogens (tertiary/aromatic N) is 1. The summed E-state index contributed by atoms with van der Waals surface area (Å²) in [7, 11) is -8.40. The van der Waals surface area contributed by atoms with E-state index in [2.05, 4.69) is 92.0 Å². The molecule has 4 amide bonds. The molecule has 0 radical (unpaired) electrons. The number of ether oxygens (including phenoxy) is 2. The highest BCUT2D eigenvalue weighted by Crippen LogP contribution is 2.46. The Morgan fingerprint density at radius 2 is 1.01 bits per heavy atom. The van der Waals surface area contributed by atoms with Gasteiger partial charge in [-0.3, -0.25) is 24.1 Å². The maximum Gasteiger partial charge on any atom is 0.264 e. The minimum atomic E-state index is -4.23. The summed E-state index contributed by atoms with van der Waals surface area (Å²) in [4.78, 5) is 54.6. The maximum absolute atomic E-state index is 13.5. The standard InChI is InChI=1S/C35H35N3O5S.C24H27N3O5S.C11H9Cl.ClH/c1-2-29-21-35(29,34(40)37-44(41,42)31-16-9-15-30(20-31)43-24-25-10-4-3-5-11-25)36-33(39)28-18-19-38(23-28)22-27-14-8-13-26-12-6-7-17-32(26)27;1-2-19-14-24(19,26-22(28)18-11-12-25-15-18)23(29)27-33(30,31)21-10-6-9-20(13-21)32-16-17-7-4-3-5-8-17;12-8-10-6-3-5-9-4-1-2-7-11(9)10;/h2-17,20,28-29H,1,18-19,21-24H2,(H,36,39)(H,37,40);2-10,13,18-19,25H,1,11-12,14-16H2,(H,26,28)(H,27,29);1-7H,8H2;1H/t28-,29+,35+;18-,19+,24+;;/m00../s1. The van der Waals surface area contributed by atoms with E-state index < -0.39 is 42.9 Å². The van der Waals surface area contributed by atoms with Crippen LogP contribution >= 0.6 is 24.0 Å². The molecular formula is C70H72Cl2N6O10S2. The molecule has 20 heteroatoms. The lowest BCUT2D eigenvalue weighted by Crippen LogP contribution is -2.53. The van der Waals surface area contributed by atoms with Gasteiger partial charge in [0.15, 0.2) is 0 Å². The number of benzene rings is 8. The zero-order valence-corrected chi connectivity index (χ0v) is 52.7. The van der Waals surface area contributed by atoms with Gasteiger partial charge in [-0.1, -0.05) is 170 Å². The Bertz CT molecular complexity index is 4110. The Morgan fingerprint density at radius 1 is 0.567 bits per heavy atom. The molecule has 0 aromatic heterocycles. The second-order valence-corrected chi connectivity index (χ2v) is 26.3. The van der Waals surface area contributed by atoms with Gasteiger partial charge in [-0.2, -0.15) is 0 Å². The number of likely N-dealkylation sites (tertiary alicyclic amines) is 1. The largest absolute Gasteiger partial charge is 0.489 e. The van der Waals surface area contributed by atoms with Crippen LogP contribution in [0.1, 0.15) is 47.9 Å². The average Bonchev–Trinajstić information content (AvgIpc) is 1.59. The van der Waals surface area contributed by atoms with Gasteiger partial charge in [-0.05, 0) is 107 Å². The molecular weight excluding hydrogens is 1220 g/mol. The van der Waals surface area contributed by atoms with Crippen molar-refractivity contribution in [2.24, 2.45) is 23.7 Å². The number of amides is 4. The molecule has 0 bridgehead atoms. The van der Waals surface area contributed by atoms with Crippen molar-refractivity contribution < 1.29 is 45.5 Å². The van der Waals surface area contributed by atoms with Gasteiger partial charge in [0.25, 0.3) is 31.9 Å². The molecule has 468 valence electrons. The lowest BCUT2D eigenvalue weighted by molar-refractivity contribution is -0.131. The molecule has 0 unspecified atom stereocenters. The number of hydrogen-bond donors (Lipinski definition) is 5. The number of hydrogen-bond acceptors (Lipinski definition) is 12. The van der Waals surface area contributed by atoms with E-state index >= 15 is 0 Å². The van der Waals surface area contributed by atoms with E-state index in [0.717, 1.165) is 30.8 Å². The van der Waals surface area contributed by atoms with E-state index in [4.69, 9.17) is 21.1 Å². The van der Waals surface area contributed by atoms with E-state index in [1.807, 2.05) is 97.1 Å². The zero-order chi connectivity index (χ0) is 62.6. The van der Waals surface area contributed by atoms with Gasteiger partial charge in [-0.25, -0.2) is 26.3 Å². The van der Waals surface area contributed by atoms with Crippen molar-refractivity contribution in [3.63, 3.8) is 0 Å². The fourth-order valence-electron chi connectivity index (χ4n) is 11.3. The van der Waals surface area contributed by atoms with Gasteiger partial charge in [0.05, 0.1) is 21.6 Å². The normalized spacial score (nSPS) is 20.7. The summed E-state index contributed by atoms with van der Waals surface area (Å²) in [5.41, 5.74) is 1.64. The molecule has 90 heavy (non-hydrogen) atoms. The van der Waals surface area contributed by atoms with Crippen LogP contribution in [0, 0.1) is 23.7 Å². The Morgan fingerprint density at radius 3 is 1.48 bits per heavy atom. The van der Waals surface area contributed by atoms with Crippen molar-refractivity contribution in [1.29, 1.82) is 0 Å². The minimum absolute atomic E-state index is 0. The smallest absolute Gasteiger partial charge is 0.264 e. The fourth-order valence-corrected chi connectivity index (χ4v) is 13.7. The van der Waals surface area contributed by atoms with Crippen LogP contribution in [0.3, 0.4) is 0 Å². The first-order chi connectivity index (χ1) is 43.0. The lowest BCUT2D eigenvalue weighted by Gasteiger charge is -2.21. The van der Waals surface area contributed by atoms with E-state index in [-0.39, 0.29) is 77.3 Å². The van der Waals surface area contributed by atoms with Gasteiger partial charge in [0.2, 0.25) is 11.8 Å². The summed E-state index contributed by atoms with van der Waals surface area (Å²) in [6.07, 6.45) is 5.08. The van der Waals surface area contributed by atoms with Crippen LogP contribution in [0.2, 0.25) is 0 Å². The number of alkyl halides is 1.